The molecule has 19 heavy (non-hydrogen) atoms. The third-order valence-corrected chi connectivity index (χ3v) is 3.42. The van der Waals surface area contributed by atoms with E-state index in [0.717, 1.165) is 18.9 Å². The van der Waals surface area contributed by atoms with E-state index < -0.39 is 11.8 Å². The van der Waals surface area contributed by atoms with Crippen molar-refractivity contribution in [1.82, 2.24) is 0 Å². The van der Waals surface area contributed by atoms with Gasteiger partial charge in [-0.25, -0.2) is 9.18 Å². The van der Waals surface area contributed by atoms with Gasteiger partial charge in [0.25, 0.3) is 0 Å². The van der Waals surface area contributed by atoms with Crippen LogP contribution in [-0.2, 0) is 4.74 Å². The van der Waals surface area contributed by atoms with Crippen molar-refractivity contribution in [2.24, 2.45) is 0 Å². The fraction of sp³-hybridized carbons (Fsp3) is 0.462. The van der Waals surface area contributed by atoms with E-state index >= 15 is 0 Å². The molecule has 1 aromatic rings. The maximum Gasteiger partial charge on any atom is 0.340 e. The predicted molar refractivity (Wildman–Crippen MR) is 69.6 cm³/mol. The van der Waals surface area contributed by atoms with Gasteiger partial charge < -0.3 is 20.5 Å². The molecule has 0 spiro atoms. The predicted octanol–water partition coefficient (Wildman–Crippen LogP) is 1.16. The molecule has 3 N–H and O–H groups in total. The molecular formula is C13H17FN2O3. The zero-order valence-corrected chi connectivity index (χ0v) is 10.7. The van der Waals surface area contributed by atoms with Gasteiger partial charge in [-0.3, -0.25) is 0 Å². The number of esters is 1. The lowest BCUT2D eigenvalue weighted by Crippen LogP contribution is -2.33. The summed E-state index contributed by atoms with van der Waals surface area (Å²) in [5.74, 6) is -1.09. The van der Waals surface area contributed by atoms with E-state index in [1.165, 1.54) is 13.2 Å². The van der Waals surface area contributed by atoms with Crippen molar-refractivity contribution in [2.45, 2.75) is 18.9 Å². The van der Waals surface area contributed by atoms with Crippen molar-refractivity contribution in [3.63, 3.8) is 0 Å². The second-order valence-corrected chi connectivity index (χ2v) is 4.55. The second-order valence-electron chi connectivity index (χ2n) is 4.55. The number of halogens is 1. The first kappa shape index (κ1) is 13.6. The monoisotopic (exact) mass is 268 g/mol. The highest BCUT2D eigenvalue weighted by molar-refractivity contribution is 5.96. The van der Waals surface area contributed by atoms with Crippen LogP contribution in [-0.4, -0.2) is 37.4 Å². The molecule has 1 unspecified atom stereocenters. The number of aliphatic hydroxyl groups excluding tert-OH is 1. The number of nitrogen functional groups attached to an aromatic ring is 1. The van der Waals surface area contributed by atoms with Crippen molar-refractivity contribution in [3.8, 4) is 0 Å². The molecule has 0 radical (unpaired) electrons. The Kier molecular flexibility index (Phi) is 3.90. The van der Waals surface area contributed by atoms with E-state index in [2.05, 4.69) is 4.74 Å². The van der Waals surface area contributed by atoms with Crippen LogP contribution in [0.1, 0.15) is 23.2 Å². The Balaban J connectivity index is 2.42. The summed E-state index contributed by atoms with van der Waals surface area (Å²) in [4.78, 5) is 13.3. The smallest absolute Gasteiger partial charge is 0.340 e. The minimum atomic E-state index is -0.599. The van der Waals surface area contributed by atoms with Gasteiger partial charge in [-0.15, -0.1) is 0 Å². The van der Waals surface area contributed by atoms with Crippen LogP contribution in [0.15, 0.2) is 12.1 Å². The summed E-state index contributed by atoms with van der Waals surface area (Å²) >= 11 is 0. The number of hydrogen-bond acceptors (Lipinski definition) is 5. The van der Waals surface area contributed by atoms with Crippen molar-refractivity contribution in [2.75, 3.05) is 30.9 Å². The van der Waals surface area contributed by atoms with E-state index in [1.807, 2.05) is 0 Å². The van der Waals surface area contributed by atoms with Crippen molar-refractivity contribution in [3.05, 3.63) is 23.5 Å². The van der Waals surface area contributed by atoms with E-state index in [9.17, 15) is 14.3 Å². The molecule has 1 fully saturated rings. The fourth-order valence-electron chi connectivity index (χ4n) is 2.43. The standard InChI is InChI=1S/C13H17FN2O3/c1-19-13(18)9-5-12(10(14)6-11(9)15)16-4-2-3-8(16)7-17/h5-6,8,17H,2-4,7,15H2,1H3. The van der Waals surface area contributed by atoms with Crippen LogP contribution in [0.2, 0.25) is 0 Å². The minimum absolute atomic E-state index is 0.0443. The average molecular weight is 268 g/mol. The summed E-state index contributed by atoms with van der Waals surface area (Å²) in [7, 11) is 1.25. The lowest BCUT2D eigenvalue weighted by atomic mass is 10.1. The topological polar surface area (TPSA) is 75.8 Å². The van der Waals surface area contributed by atoms with Crippen LogP contribution in [0, 0.1) is 5.82 Å². The van der Waals surface area contributed by atoms with E-state index in [4.69, 9.17) is 5.73 Å². The highest BCUT2D eigenvalue weighted by Crippen LogP contribution is 2.31. The number of methoxy groups -OCH3 is 1. The average Bonchev–Trinajstić information content (AvgIpc) is 2.86. The molecule has 0 bridgehead atoms. The van der Waals surface area contributed by atoms with Gasteiger partial charge in [0.1, 0.15) is 5.82 Å². The van der Waals surface area contributed by atoms with Gasteiger partial charge in [-0.05, 0) is 25.0 Å². The SMILES string of the molecule is COC(=O)c1cc(N2CCCC2CO)c(F)cc1N. The Morgan fingerprint density at radius 2 is 2.37 bits per heavy atom. The summed E-state index contributed by atoms with van der Waals surface area (Å²) in [6.07, 6.45) is 1.68. The Hall–Kier alpha value is -1.82. The number of nitrogens with zero attached hydrogens (tertiary/aromatic N) is 1. The van der Waals surface area contributed by atoms with E-state index in [1.54, 1.807) is 4.90 Å². The highest BCUT2D eigenvalue weighted by atomic mass is 19.1. The molecule has 104 valence electrons. The molecule has 2 rings (SSSR count). The molecule has 0 aromatic heterocycles. The molecule has 1 aliphatic rings. The number of carbonyl (C=O) groups excluding carboxylic acids is 1. The Labute approximate surface area is 110 Å². The first-order chi connectivity index (χ1) is 9.08. The number of rotatable bonds is 3. The van der Waals surface area contributed by atoms with Crippen LogP contribution >= 0.6 is 0 Å². The van der Waals surface area contributed by atoms with Gasteiger partial charge in [-0.2, -0.15) is 0 Å². The molecule has 5 nitrogen and oxygen atoms in total. The second kappa shape index (κ2) is 5.44. The number of nitrogens with two attached hydrogens (primary N) is 1. The van der Waals surface area contributed by atoms with Gasteiger partial charge >= 0.3 is 5.97 Å². The van der Waals surface area contributed by atoms with Gasteiger partial charge in [0, 0.05) is 12.2 Å². The molecule has 0 saturated carbocycles. The van der Waals surface area contributed by atoms with Gasteiger partial charge in [0.05, 0.1) is 31.0 Å². The van der Waals surface area contributed by atoms with Crippen LogP contribution in [0.25, 0.3) is 0 Å². The molecule has 1 atom stereocenters. The number of benzene rings is 1. The number of anilines is 2. The third kappa shape index (κ3) is 2.49. The maximum absolute atomic E-state index is 14.0. The van der Waals surface area contributed by atoms with Crippen LogP contribution < -0.4 is 10.6 Å². The number of carbonyl (C=O) groups is 1. The summed E-state index contributed by atoms with van der Waals surface area (Å²) in [6.45, 7) is 0.601. The maximum atomic E-state index is 14.0. The van der Waals surface area contributed by atoms with Crippen molar-refractivity contribution >= 4 is 17.3 Å². The Morgan fingerprint density at radius 1 is 1.63 bits per heavy atom. The molecule has 1 saturated heterocycles. The van der Waals surface area contributed by atoms with E-state index in [0.29, 0.717) is 6.54 Å². The molecule has 0 aliphatic carbocycles. The van der Waals surface area contributed by atoms with E-state index in [-0.39, 0.29) is 29.6 Å². The third-order valence-electron chi connectivity index (χ3n) is 3.42. The van der Waals surface area contributed by atoms with Gasteiger partial charge in [0.2, 0.25) is 0 Å². The zero-order valence-electron chi connectivity index (χ0n) is 10.7. The lowest BCUT2D eigenvalue weighted by Gasteiger charge is -2.26. The fourth-order valence-corrected chi connectivity index (χ4v) is 2.43. The first-order valence-corrected chi connectivity index (χ1v) is 6.13. The molecule has 6 heteroatoms. The quantitative estimate of drug-likeness (QED) is 0.635. The first-order valence-electron chi connectivity index (χ1n) is 6.13. The molecule has 0 amide bonds. The number of hydrogen-bond donors (Lipinski definition) is 2. The van der Waals surface area contributed by atoms with Crippen LogP contribution in [0.4, 0.5) is 15.8 Å². The van der Waals surface area contributed by atoms with Crippen LogP contribution in [0.3, 0.4) is 0 Å². The lowest BCUT2D eigenvalue weighted by molar-refractivity contribution is 0.0602. The largest absolute Gasteiger partial charge is 0.465 e. The molecule has 1 heterocycles. The number of ether oxygens (including phenoxy) is 1. The normalized spacial score (nSPS) is 18.7. The summed E-state index contributed by atoms with van der Waals surface area (Å²) in [6, 6.07) is 2.39. The van der Waals surface area contributed by atoms with Gasteiger partial charge in [-0.1, -0.05) is 0 Å². The molecular weight excluding hydrogens is 251 g/mol. The zero-order chi connectivity index (χ0) is 14.0. The summed E-state index contributed by atoms with van der Waals surface area (Å²) in [5.41, 5.74) is 6.10. The Morgan fingerprint density at radius 3 is 3.00 bits per heavy atom. The molecule has 1 aliphatic heterocycles. The molecule has 1 aromatic carbocycles. The Bertz CT molecular complexity index is 493. The summed E-state index contributed by atoms with van der Waals surface area (Å²) < 4.78 is 18.6. The summed E-state index contributed by atoms with van der Waals surface area (Å²) in [5, 5.41) is 9.29. The highest BCUT2D eigenvalue weighted by Gasteiger charge is 2.27. The van der Waals surface area contributed by atoms with Crippen LogP contribution in [0.5, 0.6) is 0 Å². The minimum Gasteiger partial charge on any atom is -0.465 e. The van der Waals surface area contributed by atoms with Crippen molar-refractivity contribution < 1.29 is 19.0 Å². The van der Waals surface area contributed by atoms with Crippen molar-refractivity contribution in [1.29, 1.82) is 0 Å². The van der Waals surface area contributed by atoms with Gasteiger partial charge in [0.15, 0.2) is 0 Å². The number of aliphatic hydroxyl groups is 1.